The second-order valence-corrected chi connectivity index (χ2v) is 7.77. The molecule has 2 aromatic heterocycles. The zero-order valence-electron chi connectivity index (χ0n) is 17.0. The molecule has 0 bridgehead atoms. The number of carbonyl (C=O) groups excluding carboxylic acids is 1. The molecule has 0 aliphatic carbocycles. The van der Waals surface area contributed by atoms with E-state index in [9.17, 15) is 9.59 Å². The van der Waals surface area contributed by atoms with Crippen LogP contribution in [0.4, 0.5) is 5.69 Å². The van der Waals surface area contributed by atoms with E-state index in [0.29, 0.717) is 20.6 Å². The third kappa shape index (κ3) is 4.49. The summed E-state index contributed by atoms with van der Waals surface area (Å²) in [5.41, 5.74) is 2.29. The molecule has 0 fully saturated rings. The van der Waals surface area contributed by atoms with Crippen LogP contribution in [0.25, 0.3) is 17.8 Å². The van der Waals surface area contributed by atoms with Gasteiger partial charge in [0, 0.05) is 31.2 Å². The smallest absolute Gasteiger partial charge is 0.268 e. The first-order valence-corrected chi connectivity index (χ1v) is 10.3. The number of amides is 1. The van der Waals surface area contributed by atoms with E-state index in [2.05, 4.69) is 10.3 Å². The highest BCUT2D eigenvalue weighted by Crippen LogP contribution is 2.22. The fourth-order valence-electron chi connectivity index (χ4n) is 3.04. The molecule has 156 valence electrons. The number of thiazole rings is 1. The molecule has 0 unspecified atom stereocenters. The number of aromatic nitrogens is 3. The third-order valence-electron chi connectivity index (χ3n) is 4.67. The Kier molecular flexibility index (Phi) is 5.81. The average Bonchev–Trinajstić information content (AvgIpc) is 3.40. The number of ether oxygens (including phenoxy) is 1. The Hall–Kier alpha value is -3.91. The Morgan fingerprint density at radius 3 is 2.65 bits per heavy atom. The quantitative estimate of drug-likeness (QED) is 0.523. The lowest BCUT2D eigenvalue weighted by molar-refractivity contribution is -0.110. The van der Waals surface area contributed by atoms with Crippen LogP contribution in [0.1, 0.15) is 5.56 Å². The number of imidazole rings is 1. The van der Waals surface area contributed by atoms with E-state index in [1.54, 1.807) is 38.8 Å². The summed E-state index contributed by atoms with van der Waals surface area (Å²) in [6, 6.07) is 14.9. The normalized spacial score (nSPS) is 12.2. The van der Waals surface area contributed by atoms with Gasteiger partial charge in [-0.15, -0.1) is 11.3 Å². The lowest BCUT2D eigenvalue weighted by atomic mass is 10.2. The monoisotopic (exact) mass is 432 g/mol. The van der Waals surface area contributed by atoms with Gasteiger partial charge in [0.05, 0.1) is 23.7 Å². The van der Waals surface area contributed by atoms with Crippen molar-refractivity contribution in [2.75, 3.05) is 12.4 Å². The predicted octanol–water partition coefficient (Wildman–Crippen LogP) is 1.89. The predicted molar refractivity (Wildman–Crippen MR) is 122 cm³/mol. The number of nitrogens with one attached hydrogen (secondary N) is 1. The first-order valence-electron chi connectivity index (χ1n) is 9.47. The second-order valence-electron chi connectivity index (χ2n) is 6.71. The average molecular weight is 433 g/mol. The summed E-state index contributed by atoms with van der Waals surface area (Å²) in [7, 11) is 3.20. The third-order valence-corrected chi connectivity index (χ3v) is 5.79. The van der Waals surface area contributed by atoms with Crippen LogP contribution in [0, 0.1) is 0 Å². The standard InChI is InChI=1S/C23H20N4O3S/c1-26-22(14-21(28)25-18-5-3-4-6-19(18)30-2)31-20(23(26)29)13-16-7-9-17(10-8-16)27-12-11-24-15-27/h3-15H,1-2H3,(H,25,28). The van der Waals surface area contributed by atoms with Gasteiger partial charge in [-0.3, -0.25) is 9.59 Å². The van der Waals surface area contributed by atoms with Crippen LogP contribution in [-0.2, 0) is 11.8 Å². The van der Waals surface area contributed by atoms with Gasteiger partial charge in [0.1, 0.15) is 10.4 Å². The molecule has 1 N–H and O–H groups in total. The van der Waals surface area contributed by atoms with Crippen molar-refractivity contribution in [3.05, 3.63) is 92.4 Å². The van der Waals surface area contributed by atoms with E-state index in [0.717, 1.165) is 11.3 Å². The van der Waals surface area contributed by atoms with Gasteiger partial charge in [0.25, 0.3) is 11.5 Å². The summed E-state index contributed by atoms with van der Waals surface area (Å²) in [5, 5.41) is 2.79. The molecule has 31 heavy (non-hydrogen) atoms. The highest BCUT2D eigenvalue weighted by Gasteiger charge is 2.07. The Labute approximate surface area is 182 Å². The zero-order valence-corrected chi connectivity index (χ0v) is 17.8. The van der Waals surface area contributed by atoms with Gasteiger partial charge >= 0.3 is 0 Å². The van der Waals surface area contributed by atoms with E-state index >= 15 is 0 Å². The highest BCUT2D eigenvalue weighted by molar-refractivity contribution is 7.07. The number of hydrogen-bond acceptors (Lipinski definition) is 5. The summed E-state index contributed by atoms with van der Waals surface area (Å²) >= 11 is 1.26. The summed E-state index contributed by atoms with van der Waals surface area (Å²) in [5.74, 6) is 0.232. The van der Waals surface area contributed by atoms with Gasteiger partial charge in [0.15, 0.2) is 0 Å². The number of para-hydroxylation sites is 2. The van der Waals surface area contributed by atoms with Crippen molar-refractivity contribution in [2.24, 2.45) is 7.05 Å². The molecule has 0 spiro atoms. The molecule has 0 aliphatic rings. The van der Waals surface area contributed by atoms with E-state index in [4.69, 9.17) is 4.74 Å². The number of nitrogens with zero attached hydrogens (tertiary/aromatic N) is 3. The van der Waals surface area contributed by atoms with Gasteiger partial charge in [0.2, 0.25) is 0 Å². The molecule has 4 rings (SSSR count). The summed E-state index contributed by atoms with van der Waals surface area (Å²) in [6.07, 6.45) is 8.55. The molecule has 0 radical (unpaired) electrons. The first-order chi connectivity index (χ1) is 15.0. The minimum absolute atomic E-state index is 0.153. The van der Waals surface area contributed by atoms with Crippen molar-refractivity contribution in [1.29, 1.82) is 0 Å². The van der Waals surface area contributed by atoms with Crippen molar-refractivity contribution in [3.63, 3.8) is 0 Å². The number of methoxy groups -OCH3 is 1. The molecule has 0 aliphatic heterocycles. The minimum Gasteiger partial charge on any atom is -0.495 e. The van der Waals surface area contributed by atoms with Crippen molar-refractivity contribution in [3.8, 4) is 11.4 Å². The van der Waals surface area contributed by atoms with Crippen LogP contribution in [0.15, 0.2) is 72.0 Å². The molecular formula is C23H20N4O3S. The SMILES string of the molecule is COc1ccccc1NC(=O)C=c1sc(=Cc2ccc(-n3ccnc3)cc2)c(=O)n1C. The van der Waals surface area contributed by atoms with Gasteiger partial charge in [-0.2, -0.15) is 0 Å². The highest BCUT2D eigenvalue weighted by atomic mass is 32.1. The van der Waals surface area contributed by atoms with Crippen molar-refractivity contribution < 1.29 is 9.53 Å². The molecule has 2 heterocycles. The molecule has 0 saturated heterocycles. The molecule has 4 aromatic rings. The van der Waals surface area contributed by atoms with Crippen molar-refractivity contribution in [1.82, 2.24) is 14.1 Å². The van der Waals surface area contributed by atoms with Crippen LogP contribution in [0.3, 0.4) is 0 Å². The van der Waals surface area contributed by atoms with Gasteiger partial charge in [-0.25, -0.2) is 4.98 Å². The number of carbonyl (C=O) groups is 1. The van der Waals surface area contributed by atoms with E-state index < -0.39 is 0 Å². The maximum Gasteiger partial charge on any atom is 0.268 e. The maximum atomic E-state index is 12.6. The van der Waals surface area contributed by atoms with Crippen LogP contribution >= 0.6 is 11.3 Å². The van der Waals surface area contributed by atoms with Crippen LogP contribution in [0.5, 0.6) is 5.75 Å². The molecule has 0 saturated carbocycles. The Morgan fingerprint density at radius 2 is 1.94 bits per heavy atom. The fourth-order valence-corrected chi connectivity index (χ4v) is 4.07. The molecule has 0 atom stereocenters. The molecular weight excluding hydrogens is 412 g/mol. The Bertz CT molecular complexity index is 1380. The van der Waals surface area contributed by atoms with Gasteiger partial charge in [-0.1, -0.05) is 24.3 Å². The Balaban J connectivity index is 1.62. The number of hydrogen-bond donors (Lipinski definition) is 1. The van der Waals surface area contributed by atoms with Crippen molar-refractivity contribution >= 4 is 35.1 Å². The molecule has 2 aromatic carbocycles. The summed E-state index contributed by atoms with van der Waals surface area (Å²) in [6.45, 7) is 0. The largest absolute Gasteiger partial charge is 0.495 e. The van der Waals surface area contributed by atoms with E-state index in [1.807, 2.05) is 53.2 Å². The number of benzene rings is 2. The second kappa shape index (κ2) is 8.85. The molecule has 7 nitrogen and oxygen atoms in total. The van der Waals surface area contributed by atoms with Gasteiger partial charge in [-0.05, 0) is 35.9 Å². The summed E-state index contributed by atoms with van der Waals surface area (Å²) in [4.78, 5) is 29.2. The maximum absolute atomic E-state index is 12.6. The molecule has 8 heteroatoms. The van der Waals surface area contributed by atoms with E-state index in [-0.39, 0.29) is 11.5 Å². The van der Waals surface area contributed by atoms with Crippen LogP contribution in [0.2, 0.25) is 0 Å². The van der Waals surface area contributed by atoms with Crippen LogP contribution < -0.4 is 24.8 Å². The lowest BCUT2D eigenvalue weighted by Crippen LogP contribution is -2.29. The number of anilines is 1. The Morgan fingerprint density at radius 1 is 1.16 bits per heavy atom. The molecule has 1 amide bonds. The minimum atomic E-state index is -0.336. The summed E-state index contributed by atoms with van der Waals surface area (Å²) < 4.78 is 9.73. The fraction of sp³-hybridized carbons (Fsp3) is 0.0870. The number of rotatable bonds is 5. The topological polar surface area (TPSA) is 78.2 Å². The van der Waals surface area contributed by atoms with E-state index in [1.165, 1.54) is 22.0 Å². The van der Waals surface area contributed by atoms with Crippen LogP contribution in [-0.4, -0.2) is 27.1 Å². The lowest BCUT2D eigenvalue weighted by Gasteiger charge is -2.07. The zero-order chi connectivity index (χ0) is 21.8. The van der Waals surface area contributed by atoms with Crippen molar-refractivity contribution in [2.45, 2.75) is 0 Å². The first kappa shape index (κ1) is 20.4. The van der Waals surface area contributed by atoms with Gasteiger partial charge < -0.3 is 19.2 Å².